The Kier molecular flexibility index (Phi) is 5.02. The third-order valence-electron chi connectivity index (χ3n) is 4.47. The number of carbonyl (C=O) groups is 2. The van der Waals surface area contributed by atoms with Gasteiger partial charge >= 0.3 is 0 Å². The molecule has 1 unspecified atom stereocenters. The zero-order chi connectivity index (χ0) is 18.1. The van der Waals surface area contributed by atoms with Gasteiger partial charge in [-0.1, -0.05) is 29.3 Å². The van der Waals surface area contributed by atoms with Crippen LogP contribution in [0.1, 0.15) is 17.5 Å². The number of hydrogen-bond acceptors (Lipinski definition) is 2. The van der Waals surface area contributed by atoms with Gasteiger partial charge < -0.3 is 10.2 Å². The van der Waals surface area contributed by atoms with Crippen molar-refractivity contribution in [2.45, 2.75) is 20.3 Å². The van der Waals surface area contributed by atoms with Crippen LogP contribution in [0.3, 0.4) is 0 Å². The molecular weight excluding hydrogens is 359 g/mol. The van der Waals surface area contributed by atoms with Crippen molar-refractivity contribution in [3.05, 3.63) is 57.6 Å². The third kappa shape index (κ3) is 3.65. The first-order valence-electron chi connectivity index (χ1n) is 7.99. The molecule has 1 atom stereocenters. The highest BCUT2D eigenvalue weighted by molar-refractivity contribution is 6.32. The molecule has 6 heteroatoms. The molecule has 3 rings (SSSR count). The molecule has 2 aromatic carbocycles. The molecule has 0 bridgehead atoms. The van der Waals surface area contributed by atoms with Crippen LogP contribution in [0.25, 0.3) is 0 Å². The minimum absolute atomic E-state index is 0.0710. The molecule has 0 spiro atoms. The van der Waals surface area contributed by atoms with Gasteiger partial charge in [-0.2, -0.15) is 0 Å². The summed E-state index contributed by atoms with van der Waals surface area (Å²) in [7, 11) is 0. The van der Waals surface area contributed by atoms with Crippen molar-refractivity contribution >= 4 is 46.4 Å². The van der Waals surface area contributed by atoms with Gasteiger partial charge in [0.15, 0.2) is 0 Å². The lowest BCUT2D eigenvalue weighted by Crippen LogP contribution is -2.28. The molecule has 1 heterocycles. The molecule has 2 amide bonds. The average Bonchev–Trinajstić information content (AvgIpc) is 2.94. The molecule has 0 aliphatic carbocycles. The van der Waals surface area contributed by atoms with E-state index in [9.17, 15) is 9.59 Å². The van der Waals surface area contributed by atoms with E-state index < -0.39 is 5.92 Å². The van der Waals surface area contributed by atoms with Crippen LogP contribution in [0.15, 0.2) is 36.4 Å². The monoisotopic (exact) mass is 376 g/mol. The zero-order valence-corrected chi connectivity index (χ0v) is 15.5. The predicted octanol–water partition coefficient (Wildman–Crippen LogP) is 4.60. The van der Waals surface area contributed by atoms with Gasteiger partial charge in [-0.05, 0) is 55.3 Å². The number of anilines is 2. The first-order chi connectivity index (χ1) is 11.9. The molecule has 4 nitrogen and oxygen atoms in total. The number of carbonyl (C=O) groups excluding carboxylic acids is 2. The molecule has 0 saturated carbocycles. The molecule has 1 N–H and O–H groups in total. The number of amides is 2. The molecule has 25 heavy (non-hydrogen) atoms. The van der Waals surface area contributed by atoms with Crippen molar-refractivity contribution in [3.63, 3.8) is 0 Å². The number of hydrogen-bond donors (Lipinski definition) is 1. The van der Waals surface area contributed by atoms with Crippen LogP contribution in [-0.2, 0) is 9.59 Å². The maximum Gasteiger partial charge on any atom is 0.229 e. The third-order valence-corrected chi connectivity index (χ3v) is 5.12. The van der Waals surface area contributed by atoms with Crippen LogP contribution in [0.2, 0.25) is 10.0 Å². The molecular formula is C19H18Cl2N2O2. The SMILES string of the molecule is Cc1cc(Cl)ccc1NC(=O)C1CC(=O)N(c2cccc(Cl)c2C)C1. The first-order valence-corrected chi connectivity index (χ1v) is 8.75. The normalized spacial score (nSPS) is 17.0. The second-order valence-corrected chi connectivity index (χ2v) is 7.08. The molecule has 1 saturated heterocycles. The van der Waals surface area contributed by atoms with Crippen LogP contribution in [0.5, 0.6) is 0 Å². The van der Waals surface area contributed by atoms with E-state index in [0.717, 1.165) is 16.8 Å². The van der Waals surface area contributed by atoms with E-state index >= 15 is 0 Å². The van der Waals surface area contributed by atoms with Gasteiger partial charge in [-0.3, -0.25) is 9.59 Å². The van der Waals surface area contributed by atoms with Crippen molar-refractivity contribution < 1.29 is 9.59 Å². The average molecular weight is 377 g/mol. The van der Waals surface area contributed by atoms with Gasteiger partial charge in [0.25, 0.3) is 0 Å². The van der Waals surface area contributed by atoms with Crippen molar-refractivity contribution in [1.29, 1.82) is 0 Å². The molecule has 0 radical (unpaired) electrons. The quantitative estimate of drug-likeness (QED) is 0.850. The van der Waals surface area contributed by atoms with Gasteiger partial charge in [-0.15, -0.1) is 0 Å². The summed E-state index contributed by atoms with van der Waals surface area (Å²) in [6.07, 6.45) is 0.185. The highest BCUT2D eigenvalue weighted by Crippen LogP contribution is 2.32. The fourth-order valence-corrected chi connectivity index (χ4v) is 3.40. The Bertz CT molecular complexity index is 851. The fraction of sp³-hybridized carbons (Fsp3) is 0.263. The van der Waals surface area contributed by atoms with E-state index in [-0.39, 0.29) is 18.2 Å². The van der Waals surface area contributed by atoms with E-state index in [0.29, 0.717) is 22.3 Å². The summed E-state index contributed by atoms with van der Waals surface area (Å²) in [5.74, 6) is -0.639. The van der Waals surface area contributed by atoms with E-state index in [1.54, 1.807) is 29.2 Å². The summed E-state index contributed by atoms with van der Waals surface area (Å²) in [5, 5.41) is 4.12. The molecule has 1 aliphatic rings. The summed E-state index contributed by atoms with van der Waals surface area (Å²) >= 11 is 12.1. The smallest absolute Gasteiger partial charge is 0.229 e. The number of rotatable bonds is 3. The lowest BCUT2D eigenvalue weighted by Gasteiger charge is -2.19. The Labute approximate surface area is 156 Å². The van der Waals surface area contributed by atoms with Gasteiger partial charge in [0, 0.05) is 34.4 Å². The van der Waals surface area contributed by atoms with Crippen molar-refractivity contribution in [1.82, 2.24) is 0 Å². The molecule has 1 aliphatic heterocycles. The standard InChI is InChI=1S/C19H18Cl2N2O2/c1-11-8-14(20)6-7-16(11)22-19(25)13-9-18(24)23(10-13)17-5-3-4-15(21)12(17)2/h3-8,13H,9-10H2,1-2H3,(H,22,25). The van der Waals surface area contributed by atoms with E-state index in [1.165, 1.54) is 0 Å². The number of nitrogens with zero attached hydrogens (tertiary/aromatic N) is 1. The number of halogens is 2. The van der Waals surface area contributed by atoms with E-state index in [2.05, 4.69) is 5.32 Å². The van der Waals surface area contributed by atoms with Crippen molar-refractivity contribution in [3.8, 4) is 0 Å². The maximum absolute atomic E-state index is 12.6. The molecule has 130 valence electrons. The largest absolute Gasteiger partial charge is 0.326 e. The zero-order valence-electron chi connectivity index (χ0n) is 14.0. The second kappa shape index (κ2) is 7.06. The minimum atomic E-state index is -0.402. The van der Waals surface area contributed by atoms with Gasteiger partial charge in [0.05, 0.1) is 5.92 Å². The van der Waals surface area contributed by atoms with Crippen LogP contribution >= 0.6 is 23.2 Å². The number of aryl methyl sites for hydroxylation is 1. The first kappa shape index (κ1) is 17.8. The van der Waals surface area contributed by atoms with E-state index in [1.807, 2.05) is 26.0 Å². The highest BCUT2D eigenvalue weighted by Gasteiger charge is 2.36. The predicted molar refractivity (Wildman–Crippen MR) is 101 cm³/mol. The summed E-state index contributed by atoms with van der Waals surface area (Å²) in [6, 6.07) is 10.7. The Morgan fingerprint density at radius 3 is 2.68 bits per heavy atom. The Morgan fingerprint density at radius 1 is 1.20 bits per heavy atom. The van der Waals surface area contributed by atoms with Gasteiger partial charge in [0.2, 0.25) is 11.8 Å². The van der Waals surface area contributed by atoms with Gasteiger partial charge in [0.1, 0.15) is 0 Å². The van der Waals surface area contributed by atoms with Gasteiger partial charge in [-0.25, -0.2) is 0 Å². The summed E-state index contributed by atoms with van der Waals surface area (Å²) < 4.78 is 0. The van der Waals surface area contributed by atoms with Crippen molar-refractivity contribution in [2.24, 2.45) is 5.92 Å². The number of nitrogens with one attached hydrogen (secondary N) is 1. The van der Waals surface area contributed by atoms with Crippen molar-refractivity contribution in [2.75, 3.05) is 16.8 Å². The molecule has 1 fully saturated rings. The Balaban J connectivity index is 1.75. The molecule has 0 aromatic heterocycles. The molecule has 2 aromatic rings. The summed E-state index contributed by atoms with van der Waals surface area (Å²) in [6.45, 7) is 4.09. The second-order valence-electron chi connectivity index (χ2n) is 6.24. The van der Waals surface area contributed by atoms with Crippen LogP contribution in [0.4, 0.5) is 11.4 Å². The van der Waals surface area contributed by atoms with E-state index in [4.69, 9.17) is 23.2 Å². The summed E-state index contributed by atoms with van der Waals surface area (Å²) in [4.78, 5) is 26.6. The Hall–Kier alpha value is -2.04. The fourth-order valence-electron chi connectivity index (χ4n) is 3.01. The summed E-state index contributed by atoms with van der Waals surface area (Å²) in [5.41, 5.74) is 3.19. The highest BCUT2D eigenvalue weighted by atomic mass is 35.5. The Morgan fingerprint density at radius 2 is 1.96 bits per heavy atom. The lowest BCUT2D eigenvalue weighted by atomic mass is 10.1. The topological polar surface area (TPSA) is 49.4 Å². The van der Waals surface area contributed by atoms with Crippen LogP contribution < -0.4 is 10.2 Å². The minimum Gasteiger partial charge on any atom is -0.326 e. The maximum atomic E-state index is 12.6. The van der Waals surface area contributed by atoms with Crippen LogP contribution in [-0.4, -0.2) is 18.4 Å². The van der Waals surface area contributed by atoms with Crippen LogP contribution in [0, 0.1) is 19.8 Å². The lowest BCUT2D eigenvalue weighted by molar-refractivity contribution is -0.122. The number of benzene rings is 2.